The van der Waals surface area contributed by atoms with E-state index in [1.165, 1.54) is 24.3 Å². The first-order valence-corrected chi connectivity index (χ1v) is 7.89. The Kier molecular flexibility index (Phi) is 6.46. The number of rotatable bonds is 7. The molecule has 0 bridgehead atoms. The smallest absolute Gasteiger partial charge is 0.406 e. The molecule has 8 heteroatoms. The third-order valence-electron chi connectivity index (χ3n) is 3.38. The van der Waals surface area contributed by atoms with Gasteiger partial charge in [-0.05, 0) is 50.5 Å². The van der Waals surface area contributed by atoms with Gasteiger partial charge in [0.1, 0.15) is 5.75 Å². The molecule has 0 spiro atoms. The number of benzene rings is 2. The maximum absolute atomic E-state index is 12.3. The van der Waals surface area contributed by atoms with Crippen LogP contribution in [0, 0.1) is 0 Å². The molecular formula is C18H20F3N3O2. The maximum atomic E-state index is 12.3. The lowest BCUT2D eigenvalue weighted by Gasteiger charge is -2.14. The van der Waals surface area contributed by atoms with Crippen molar-refractivity contribution in [3.05, 3.63) is 54.1 Å². The molecule has 0 atom stereocenters. The van der Waals surface area contributed by atoms with Crippen LogP contribution in [0.15, 0.2) is 48.5 Å². The summed E-state index contributed by atoms with van der Waals surface area (Å²) in [6.07, 6.45) is -4.73. The van der Waals surface area contributed by atoms with E-state index in [0.29, 0.717) is 30.0 Å². The molecule has 0 aromatic heterocycles. The van der Waals surface area contributed by atoms with Gasteiger partial charge in [-0.1, -0.05) is 12.1 Å². The number of alkyl halides is 3. The lowest BCUT2D eigenvalue weighted by atomic mass is 10.1. The van der Waals surface area contributed by atoms with Gasteiger partial charge in [-0.15, -0.1) is 13.2 Å². The molecule has 1 amide bonds. The molecule has 140 valence electrons. The van der Waals surface area contributed by atoms with Gasteiger partial charge in [0.25, 0.3) is 5.91 Å². The number of ether oxygens (including phenoxy) is 1. The number of hydrogen-bond acceptors (Lipinski definition) is 4. The quantitative estimate of drug-likeness (QED) is 0.785. The molecule has 2 aromatic carbocycles. The number of para-hydroxylation sites is 1. The molecule has 0 saturated heterocycles. The van der Waals surface area contributed by atoms with Gasteiger partial charge in [0.15, 0.2) is 0 Å². The van der Waals surface area contributed by atoms with Gasteiger partial charge in [-0.25, -0.2) is 0 Å². The van der Waals surface area contributed by atoms with Gasteiger partial charge < -0.3 is 20.3 Å². The van der Waals surface area contributed by atoms with E-state index in [0.717, 1.165) is 0 Å². The third-order valence-corrected chi connectivity index (χ3v) is 3.38. The molecule has 0 aliphatic rings. The molecule has 0 heterocycles. The second-order valence-corrected chi connectivity index (χ2v) is 5.80. The van der Waals surface area contributed by atoms with E-state index in [4.69, 9.17) is 0 Å². The lowest BCUT2D eigenvalue weighted by molar-refractivity contribution is -0.274. The monoisotopic (exact) mass is 367 g/mol. The van der Waals surface area contributed by atoms with Crippen molar-refractivity contribution in [2.75, 3.05) is 32.5 Å². The van der Waals surface area contributed by atoms with Crippen LogP contribution in [0.25, 0.3) is 0 Å². The fourth-order valence-electron chi connectivity index (χ4n) is 2.17. The van der Waals surface area contributed by atoms with Crippen molar-refractivity contribution < 1.29 is 22.7 Å². The summed E-state index contributed by atoms with van der Waals surface area (Å²) in [5, 5.41) is 5.86. The van der Waals surface area contributed by atoms with Crippen LogP contribution in [0.5, 0.6) is 5.75 Å². The first-order chi connectivity index (χ1) is 12.2. The number of nitrogens with zero attached hydrogens (tertiary/aromatic N) is 1. The molecule has 0 saturated carbocycles. The molecule has 0 fully saturated rings. The van der Waals surface area contributed by atoms with Crippen molar-refractivity contribution in [2.45, 2.75) is 6.36 Å². The van der Waals surface area contributed by atoms with Gasteiger partial charge in [0.05, 0.1) is 11.3 Å². The van der Waals surface area contributed by atoms with Crippen LogP contribution in [-0.2, 0) is 0 Å². The van der Waals surface area contributed by atoms with Gasteiger partial charge in [-0.3, -0.25) is 4.79 Å². The normalized spacial score (nSPS) is 11.3. The summed E-state index contributed by atoms with van der Waals surface area (Å²) in [6.45, 7) is 1.21. The Morgan fingerprint density at radius 2 is 1.73 bits per heavy atom. The molecule has 0 aliphatic carbocycles. The van der Waals surface area contributed by atoms with Crippen molar-refractivity contribution >= 4 is 17.3 Å². The maximum Gasteiger partial charge on any atom is 0.573 e. The van der Waals surface area contributed by atoms with Crippen molar-refractivity contribution in [1.29, 1.82) is 0 Å². The van der Waals surface area contributed by atoms with E-state index in [1.54, 1.807) is 24.3 Å². The summed E-state index contributed by atoms with van der Waals surface area (Å²) < 4.78 is 40.4. The van der Waals surface area contributed by atoms with E-state index < -0.39 is 6.36 Å². The number of likely N-dealkylation sites (N-methyl/N-ethyl adjacent to an activating group) is 1. The molecule has 26 heavy (non-hydrogen) atoms. The van der Waals surface area contributed by atoms with Crippen molar-refractivity contribution in [3.8, 4) is 5.75 Å². The van der Waals surface area contributed by atoms with E-state index in [9.17, 15) is 18.0 Å². The molecule has 2 aromatic rings. The number of halogens is 3. The van der Waals surface area contributed by atoms with Crippen LogP contribution in [0.3, 0.4) is 0 Å². The molecule has 0 aliphatic heterocycles. The molecule has 2 N–H and O–H groups in total. The number of carbonyl (C=O) groups is 1. The zero-order valence-electron chi connectivity index (χ0n) is 14.4. The zero-order chi connectivity index (χ0) is 19.2. The Balaban J connectivity index is 2.06. The Labute approximate surface area is 149 Å². The Morgan fingerprint density at radius 3 is 2.35 bits per heavy atom. The van der Waals surface area contributed by atoms with Crippen molar-refractivity contribution in [1.82, 2.24) is 10.2 Å². The number of nitrogens with one attached hydrogen (secondary N) is 2. The Hall–Kier alpha value is -2.74. The van der Waals surface area contributed by atoms with E-state index >= 15 is 0 Å². The standard InChI is InChI=1S/C18H20F3N3O2/c1-24(2)12-11-22-17(25)15-5-3-4-6-16(15)23-13-7-9-14(10-8-13)26-18(19,20)21/h3-10,23H,11-12H2,1-2H3,(H,22,25). The third kappa shape index (κ3) is 6.29. The fourth-order valence-corrected chi connectivity index (χ4v) is 2.17. The van der Waals surface area contributed by atoms with E-state index in [1.807, 2.05) is 19.0 Å². The lowest BCUT2D eigenvalue weighted by Crippen LogP contribution is -2.31. The van der Waals surface area contributed by atoms with Crippen molar-refractivity contribution in [3.63, 3.8) is 0 Å². The van der Waals surface area contributed by atoms with Crippen LogP contribution in [-0.4, -0.2) is 44.4 Å². The largest absolute Gasteiger partial charge is 0.573 e. The van der Waals surface area contributed by atoms with Gasteiger partial charge >= 0.3 is 6.36 Å². The minimum atomic E-state index is -4.73. The van der Waals surface area contributed by atoms with Gasteiger partial charge in [-0.2, -0.15) is 0 Å². The average molecular weight is 367 g/mol. The second kappa shape index (κ2) is 8.57. The molecule has 2 rings (SSSR count). The SMILES string of the molecule is CN(C)CCNC(=O)c1ccccc1Nc1ccc(OC(F)(F)F)cc1. The summed E-state index contributed by atoms with van der Waals surface area (Å²) in [7, 11) is 3.82. The van der Waals surface area contributed by atoms with Crippen molar-refractivity contribution in [2.24, 2.45) is 0 Å². The van der Waals surface area contributed by atoms with E-state index in [2.05, 4.69) is 15.4 Å². The first kappa shape index (κ1) is 19.6. The molecule has 0 unspecified atom stereocenters. The van der Waals surface area contributed by atoms with Crippen LogP contribution in [0.1, 0.15) is 10.4 Å². The predicted molar refractivity (Wildman–Crippen MR) is 93.7 cm³/mol. The minimum Gasteiger partial charge on any atom is -0.406 e. The van der Waals surface area contributed by atoms with Gasteiger partial charge in [0, 0.05) is 18.8 Å². The highest BCUT2D eigenvalue weighted by Gasteiger charge is 2.30. The second-order valence-electron chi connectivity index (χ2n) is 5.80. The van der Waals surface area contributed by atoms with E-state index in [-0.39, 0.29) is 11.7 Å². The number of carbonyl (C=O) groups excluding carboxylic acids is 1. The molecule has 0 radical (unpaired) electrons. The topological polar surface area (TPSA) is 53.6 Å². The highest BCUT2D eigenvalue weighted by atomic mass is 19.4. The van der Waals surface area contributed by atoms with Crippen LogP contribution in [0.4, 0.5) is 24.5 Å². The number of anilines is 2. The summed E-state index contributed by atoms with van der Waals surface area (Å²) in [5.74, 6) is -0.537. The predicted octanol–water partition coefficient (Wildman–Crippen LogP) is 3.62. The summed E-state index contributed by atoms with van der Waals surface area (Å²) in [6, 6.07) is 12.2. The zero-order valence-corrected chi connectivity index (χ0v) is 14.4. The first-order valence-electron chi connectivity index (χ1n) is 7.89. The summed E-state index contributed by atoms with van der Waals surface area (Å²) in [4.78, 5) is 14.3. The average Bonchev–Trinajstić information content (AvgIpc) is 2.55. The molecule has 5 nitrogen and oxygen atoms in total. The molecular weight excluding hydrogens is 347 g/mol. The number of amides is 1. The Bertz CT molecular complexity index is 731. The van der Waals surface area contributed by atoms with Crippen LogP contribution in [0.2, 0.25) is 0 Å². The minimum absolute atomic E-state index is 0.230. The number of hydrogen-bond donors (Lipinski definition) is 2. The summed E-state index contributed by atoms with van der Waals surface area (Å²) in [5.41, 5.74) is 1.54. The van der Waals surface area contributed by atoms with Crippen LogP contribution < -0.4 is 15.4 Å². The van der Waals surface area contributed by atoms with Gasteiger partial charge in [0.2, 0.25) is 0 Å². The highest BCUT2D eigenvalue weighted by molar-refractivity contribution is 6.00. The van der Waals surface area contributed by atoms with Crippen LogP contribution >= 0.6 is 0 Å². The highest BCUT2D eigenvalue weighted by Crippen LogP contribution is 2.26. The Morgan fingerprint density at radius 1 is 1.08 bits per heavy atom. The fraction of sp³-hybridized carbons (Fsp3) is 0.278. The summed E-state index contributed by atoms with van der Waals surface area (Å²) >= 11 is 0.